The molecule has 0 bridgehead atoms. The van der Waals surface area contributed by atoms with Gasteiger partial charge in [0.2, 0.25) is 0 Å². The smallest absolute Gasteiger partial charge is 0.872 e. The second-order valence-electron chi connectivity index (χ2n) is 3.60. The van der Waals surface area contributed by atoms with Crippen LogP contribution in [0.1, 0.15) is 20.7 Å². The zero-order chi connectivity index (χ0) is 15.1. The van der Waals surface area contributed by atoms with E-state index in [0.29, 0.717) is 0 Å². The molecule has 0 radical (unpaired) electrons. The largest absolute Gasteiger partial charge is 1.00 e. The van der Waals surface area contributed by atoms with Crippen molar-refractivity contribution in [2.75, 3.05) is 0 Å². The van der Waals surface area contributed by atoms with Crippen LogP contribution in [0.4, 0.5) is 0 Å². The van der Waals surface area contributed by atoms with E-state index in [9.17, 15) is 19.8 Å². The third kappa shape index (κ3) is 8.20. The molecule has 0 heterocycles. The maximum Gasteiger partial charge on any atom is 1.00 e. The Kier molecular flexibility index (Phi) is 14.1. The summed E-state index contributed by atoms with van der Waals surface area (Å²) in [5.41, 5.74) is -0.356. The van der Waals surface area contributed by atoms with Crippen molar-refractivity contribution in [2.24, 2.45) is 0 Å². The van der Waals surface area contributed by atoms with Crippen LogP contribution in [0.3, 0.4) is 0 Å². The fourth-order valence-corrected chi connectivity index (χ4v) is 1.29. The molecule has 2 N–H and O–H groups in total. The maximum absolute atomic E-state index is 10.7. The van der Waals surface area contributed by atoms with Gasteiger partial charge < -0.3 is 20.4 Å². The van der Waals surface area contributed by atoms with Crippen LogP contribution in [0.2, 0.25) is 0 Å². The van der Waals surface area contributed by atoms with Gasteiger partial charge in [-0.25, -0.2) is 9.59 Å². The first-order valence-electron chi connectivity index (χ1n) is 5.42. The van der Waals surface area contributed by atoms with Gasteiger partial charge in [0, 0.05) is 0 Å². The quantitative estimate of drug-likeness (QED) is 0.522. The number of benzene rings is 2. The van der Waals surface area contributed by atoms with Gasteiger partial charge in [0.25, 0.3) is 0 Å². The number of hydrogen-bond acceptors (Lipinski definition) is 4. The van der Waals surface area contributed by atoms with Gasteiger partial charge in [-0.2, -0.15) is 0 Å². The molecule has 0 fully saturated rings. The SMILES string of the molecule is O=C(O)c1ccccc1[O-].O=C(O)c1ccccc1[O-].[K+].[K+]. The minimum Gasteiger partial charge on any atom is -0.872 e. The number of carboxylic acid groups (broad SMARTS) is 2. The number of hydrogen-bond donors (Lipinski definition) is 2. The number of aromatic carboxylic acids is 2. The van der Waals surface area contributed by atoms with Gasteiger partial charge in [0.05, 0.1) is 11.1 Å². The number of carbonyl (C=O) groups is 2. The van der Waals surface area contributed by atoms with Crippen LogP contribution in [-0.4, -0.2) is 22.2 Å². The molecular weight excluding hydrogens is 342 g/mol. The van der Waals surface area contributed by atoms with E-state index >= 15 is 0 Å². The number of rotatable bonds is 2. The third-order valence-corrected chi connectivity index (χ3v) is 2.23. The van der Waals surface area contributed by atoms with Crippen LogP contribution in [0.5, 0.6) is 11.5 Å². The zero-order valence-electron chi connectivity index (χ0n) is 12.1. The van der Waals surface area contributed by atoms with Crippen LogP contribution in [0.25, 0.3) is 0 Å². The molecule has 0 spiro atoms. The molecule has 0 aromatic heterocycles. The Hall–Kier alpha value is 0.253. The first kappa shape index (κ1) is 24.5. The molecule has 104 valence electrons. The molecule has 0 aliphatic rings. The Labute approximate surface area is 212 Å². The molecule has 8 heteroatoms. The molecular formula is C14H10K2O6. The van der Waals surface area contributed by atoms with Gasteiger partial charge in [-0.05, 0) is 12.1 Å². The average molecular weight is 352 g/mol. The fraction of sp³-hybridized carbons (Fsp3) is 0. The van der Waals surface area contributed by atoms with Crippen molar-refractivity contribution in [3.05, 3.63) is 59.7 Å². The van der Waals surface area contributed by atoms with Crippen molar-refractivity contribution in [1.82, 2.24) is 0 Å². The zero-order valence-corrected chi connectivity index (χ0v) is 18.4. The third-order valence-electron chi connectivity index (χ3n) is 2.23. The van der Waals surface area contributed by atoms with Crippen LogP contribution in [0.15, 0.2) is 48.5 Å². The van der Waals surface area contributed by atoms with E-state index in [4.69, 9.17) is 10.2 Å². The summed E-state index contributed by atoms with van der Waals surface area (Å²) in [6.07, 6.45) is 0. The van der Waals surface area contributed by atoms with Crippen molar-refractivity contribution in [3.8, 4) is 11.5 Å². The fourth-order valence-electron chi connectivity index (χ4n) is 1.29. The Morgan fingerprint density at radius 2 is 0.955 bits per heavy atom. The van der Waals surface area contributed by atoms with E-state index in [0.717, 1.165) is 0 Å². The number of para-hydroxylation sites is 2. The average Bonchev–Trinajstić information content (AvgIpc) is 2.40. The van der Waals surface area contributed by atoms with Gasteiger partial charge >= 0.3 is 115 Å². The molecule has 0 atom stereocenters. The predicted octanol–water partition coefficient (Wildman–Crippen LogP) is -5.08. The second kappa shape index (κ2) is 12.6. The molecule has 0 saturated carbocycles. The summed E-state index contributed by atoms with van der Waals surface area (Å²) < 4.78 is 0. The molecule has 22 heavy (non-hydrogen) atoms. The Morgan fingerprint density at radius 3 is 1.14 bits per heavy atom. The number of carboxylic acids is 2. The van der Waals surface area contributed by atoms with Crippen LogP contribution >= 0.6 is 0 Å². The van der Waals surface area contributed by atoms with Gasteiger partial charge in [0.1, 0.15) is 0 Å². The van der Waals surface area contributed by atoms with Gasteiger partial charge in [-0.1, -0.05) is 47.9 Å². The molecule has 2 aromatic rings. The van der Waals surface area contributed by atoms with Gasteiger partial charge in [-0.15, -0.1) is 0 Å². The standard InChI is InChI=1S/2C7H6O3.2K/c2*8-6-4-2-1-3-5(6)7(9)10;;/h2*1-4,8H,(H,9,10);;/q;;2*+1/p-2. The Bertz CT molecular complexity index is 575. The molecule has 2 aromatic carbocycles. The van der Waals surface area contributed by atoms with E-state index in [2.05, 4.69) is 0 Å². The van der Waals surface area contributed by atoms with Gasteiger partial charge in [-0.3, -0.25) is 0 Å². The van der Waals surface area contributed by atoms with E-state index in [1.807, 2.05) is 0 Å². The summed E-state index contributed by atoms with van der Waals surface area (Å²) in [4.78, 5) is 20.4. The molecule has 6 nitrogen and oxygen atoms in total. The molecule has 0 aliphatic carbocycles. The molecule has 0 saturated heterocycles. The summed E-state index contributed by atoms with van der Waals surface area (Å²) in [5, 5.41) is 38.1. The minimum absolute atomic E-state index is 0. The van der Waals surface area contributed by atoms with Crippen molar-refractivity contribution < 1.29 is 133 Å². The summed E-state index contributed by atoms with van der Waals surface area (Å²) in [7, 11) is 0. The maximum atomic E-state index is 10.7. The Balaban J connectivity index is 0. The molecule has 0 unspecified atom stereocenters. The molecule has 0 aliphatic heterocycles. The topological polar surface area (TPSA) is 121 Å². The molecule has 2 rings (SSSR count). The van der Waals surface area contributed by atoms with Crippen molar-refractivity contribution in [3.63, 3.8) is 0 Å². The van der Waals surface area contributed by atoms with Crippen molar-refractivity contribution in [1.29, 1.82) is 0 Å². The van der Waals surface area contributed by atoms with E-state index < -0.39 is 23.4 Å². The van der Waals surface area contributed by atoms with E-state index in [1.54, 1.807) is 0 Å². The monoisotopic (exact) mass is 352 g/mol. The van der Waals surface area contributed by atoms with Crippen molar-refractivity contribution >= 4 is 11.9 Å². The van der Waals surface area contributed by atoms with Gasteiger partial charge in [0.15, 0.2) is 0 Å². The second-order valence-corrected chi connectivity index (χ2v) is 3.60. The van der Waals surface area contributed by atoms with E-state index in [1.165, 1.54) is 48.5 Å². The van der Waals surface area contributed by atoms with Crippen molar-refractivity contribution in [2.45, 2.75) is 0 Å². The Morgan fingerprint density at radius 1 is 0.682 bits per heavy atom. The minimum atomic E-state index is -1.18. The summed E-state index contributed by atoms with van der Waals surface area (Å²) >= 11 is 0. The van der Waals surface area contributed by atoms with Crippen LogP contribution in [-0.2, 0) is 0 Å². The first-order valence-corrected chi connectivity index (χ1v) is 5.42. The van der Waals surface area contributed by atoms with E-state index in [-0.39, 0.29) is 114 Å². The summed E-state index contributed by atoms with van der Waals surface area (Å²) in [6.45, 7) is 0. The van der Waals surface area contributed by atoms with Crippen LogP contribution in [0, 0.1) is 0 Å². The van der Waals surface area contributed by atoms with Crippen LogP contribution < -0.4 is 113 Å². The predicted molar refractivity (Wildman–Crippen MR) is 65.7 cm³/mol. The molecule has 0 amide bonds. The first-order chi connectivity index (χ1) is 9.43. The summed E-state index contributed by atoms with van der Waals surface area (Å²) in [5.74, 6) is -3.25. The normalized spacial score (nSPS) is 8.36. The summed E-state index contributed by atoms with van der Waals surface area (Å²) in [6, 6.07) is 11.1.